The van der Waals surface area contributed by atoms with Crippen LogP contribution in [0.15, 0.2) is 72.1 Å². The summed E-state index contributed by atoms with van der Waals surface area (Å²) in [5.74, 6) is -1.58. The third-order valence-electron chi connectivity index (χ3n) is 4.52. The Kier molecular flexibility index (Phi) is 7.70. The van der Waals surface area contributed by atoms with Gasteiger partial charge in [-0.25, -0.2) is 14.6 Å². The number of aromatic nitrogens is 5. The predicted octanol–water partition coefficient (Wildman–Crippen LogP) is 5.40. The number of halogens is 6. The van der Waals surface area contributed by atoms with Crippen molar-refractivity contribution in [2.24, 2.45) is 0 Å². The second-order valence-corrected chi connectivity index (χ2v) is 8.13. The van der Waals surface area contributed by atoms with Crippen molar-refractivity contribution >= 4 is 23.4 Å². The molecule has 16 heteroatoms. The SMILES string of the molecule is O=C(Nc1ccc(OC(F)(F)F)cc1)c1nnn(-c2ccc(OC(F)(F)F)cc2)c1CSc1ncccn1. The van der Waals surface area contributed by atoms with Gasteiger partial charge >= 0.3 is 12.7 Å². The van der Waals surface area contributed by atoms with E-state index < -0.39 is 30.1 Å². The van der Waals surface area contributed by atoms with Crippen LogP contribution in [-0.2, 0) is 5.75 Å². The fraction of sp³-hybridized carbons (Fsp3) is 0.136. The molecule has 0 aliphatic rings. The minimum atomic E-state index is -4.87. The van der Waals surface area contributed by atoms with Gasteiger partial charge in [0.15, 0.2) is 10.9 Å². The van der Waals surface area contributed by atoms with Crippen LogP contribution in [0.5, 0.6) is 11.5 Å². The summed E-state index contributed by atoms with van der Waals surface area (Å²) in [4.78, 5) is 21.2. The topological polar surface area (TPSA) is 104 Å². The Morgan fingerprint density at radius 3 is 1.97 bits per heavy atom. The van der Waals surface area contributed by atoms with Crippen molar-refractivity contribution in [2.75, 3.05) is 5.32 Å². The minimum Gasteiger partial charge on any atom is -0.406 e. The number of thioether (sulfide) groups is 1. The van der Waals surface area contributed by atoms with Crippen LogP contribution in [0.1, 0.15) is 16.2 Å². The van der Waals surface area contributed by atoms with Gasteiger partial charge in [-0.2, -0.15) is 0 Å². The number of benzene rings is 2. The molecule has 1 amide bonds. The average Bonchev–Trinajstić information content (AvgIpc) is 3.27. The molecule has 0 saturated carbocycles. The molecule has 4 aromatic rings. The zero-order valence-electron chi connectivity index (χ0n) is 18.7. The fourth-order valence-corrected chi connectivity index (χ4v) is 3.82. The summed E-state index contributed by atoms with van der Waals surface area (Å²) < 4.78 is 83.5. The summed E-state index contributed by atoms with van der Waals surface area (Å²) in [6, 6.07) is 10.8. The maximum atomic E-state index is 13.0. The lowest BCUT2D eigenvalue weighted by molar-refractivity contribution is -0.275. The van der Waals surface area contributed by atoms with Crippen molar-refractivity contribution in [2.45, 2.75) is 23.6 Å². The van der Waals surface area contributed by atoms with E-state index in [0.29, 0.717) is 5.16 Å². The molecule has 9 nitrogen and oxygen atoms in total. The highest BCUT2D eigenvalue weighted by Gasteiger charge is 2.32. The van der Waals surface area contributed by atoms with Crippen LogP contribution in [0.4, 0.5) is 32.0 Å². The van der Waals surface area contributed by atoms with Gasteiger partial charge in [0.05, 0.1) is 11.4 Å². The molecule has 38 heavy (non-hydrogen) atoms. The average molecular weight is 556 g/mol. The van der Waals surface area contributed by atoms with E-state index in [1.165, 1.54) is 41.3 Å². The quantitative estimate of drug-likeness (QED) is 0.175. The van der Waals surface area contributed by atoms with Crippen LogP contribution in [0.3, 0.4) is 0 Å². The highest BCUT2D eigenvalue weighted by molar-refractivity contribution is 7.98. The number of alkyl halides is 6. The lowest BCUT2D eigenvalue weighted by Crippen LogP contribution is -2.17. The Balaban J connectivity index is 1.59. The monoisotopic (exact) mass is 556 g/mol. The molecular formula is C22H14F6N6O3S. The van der Waals surface area contributed by atoms with Crippen LogP contribution in [-0.4, -0.2) is 43.6 Å². The number of hydrogen-bond donors (Lipinski definition) is 1. The highest BCUT2D eigenvalue weighted by atomic mass is 32.2. The third-order valence-corrected chi connectivity index (χ3v) is 5.41. The van der Waals surface area contributed by atoms with Gasteiger partial charge in [-0.1, -0.05) is 17.0 Å². The minimum absolute atomic E-state index is 0.0823. The number of ether oxygens (including phenoxy) is 2. The largest absolute Gasteiger partial charge is 0.573 e. The number of rotatable bonds is 8. The van der Waals surface area contributed by atoms with Gasteiger partial charge in [0.1, 0.15) is 11.5 Å². The predicted molar refractivity (Wildman–Crippen MR) is 121 cm³/mol. The van der Waals surface area contributed by atoms with Gasteiger partial charge in [0.2, 0.25) is 0 Å². The van der Waals surface area contributed by atoms with E-state index in [1.807, 2.05) is 0 Å². The van der Waals surface area contributed by atoms with Crippen molar-refractivity contribution in [3.8, 4) is 17.2 Å². The summed E-state index contributed by atoms with van der Waals surface area (Å²) in [6.07, 6.45) is -6.70. The van der Waals surface area contributed by atoms with Gasteiger partial charge in [-0.3, -0.25) is 4.79 Å². The molecule has 0 aliphatic heterocycles. The van der Waals surface area contributed by atoms with Gasteiger partial charge in [-0.15, -0.1) is 31.4 Å². The van der Waals surface area contributed by atoms with Crippen LogP contribution in [0.25, 0.3) is 5.69 Å². The van der Waals surface area contributed by atoms with E-state index in [9.17, 15) is 31.1 Å². The van der Waals surface area contributed by atoms with E-state index in [0.717, 1.165) is 36.0 Å². The molecule has 0 atom stereocenters. The van der Waals surface area contributed by atoms with Gasteiger partial charge < -0.3 is 14.8 Å². The lowest BCUT2D eigenvalue weighted by Gasteiger charge is -2.11. The molecule has 0 saturated heterocycles. The van der Waals surface area contributed by atoms with Crippen molar-refractivity contribution in [1.82, 2.24) is 25.0 Å². The first kappa shape index (κ1) is 26.7. The molecule has 2 aromatic carbocycles. The number of anilines is 1. The van der Waals surface area contributed by atoms with E-state index in [4.69, 9.17) is 0 Å². The van der Waals surface area contributed by atoms with Crippen LogP contribution in [0, 0.1) is 0 Å². The Hall–Kier alpha value is -4.34. The van der Waals surface area contributed by atoms with Crippen LogP contribution >= 0.6 is 11.8 Å². The molecule has 198 valence electrons. The fourth-order valence-electron chi connectivity index (χ4n) is 3.03. The van der Waals surface area contributed by atoms with Crippen molar-refractivity contribution in [3.05, 3.63) is 78.4 Å². The molecule has 0 spiro atoms. The Bertz CT molecular complexity index is 1380. The summed E-state index contributed by atoms with van der Waals surface area (Å²) in [5.41, 5.74) is 0.545. The zero-order chi connectivity index (χ0) is 27.3. The first-order valence-corrected chi connectivity index (χ1v) is 11.3. The molecule has 0 radical (unpaired) electrons. The van der Waals surface area contributed by atoms with E-state index in [2.05, 4.69) is 35.1 Å². The Labute approximate surface area is 213 Å². The standard InChI is InChI=1S/C22H14F6N6O3S/c23-21(24,25)36-15-6-2-13(3-7-15)31-19(35)18-17(12-38-20-29-10-1-11-30-20)34(33-32-18)14-4-8-16(9-5-14)37-22(26,27)28/h1-11H,12H2,(H,31,35). The number of nitrogens with zero attached hydrogens (tertiary/aromatic N) is 5. The maximum absolute atomic E-state index is 13.0. The Morgan fingerprint density at radius 2 is 1.42 bits per heavy atom. The molecule has 1 N–H and O–H groups in total. The molecule has 0 bridgehead atoms. The first-order valence-electron chi connectivity index (χ1n) is 10.3. The summed E-state index contributed by atoms with van der Waals surface area (Å²) in [7, 11) is 0. The lowest BCUT2D eigenvalue weighted by atomic mass is 10.2. The smallest absolute Gasteiger partial charge is 0.406 e. The van der Waals surface area contributed by atoms with Crippen molar-refractivity contribution in [3.63, 3.8) is 0 Å². The first-order chi connectivity index (χ1) is 18.0. The molecular weight excluding hydrogens is 542 g/mol. The number of amides is 1. The number of carbonyl (C=O) groups is 1. The van der Waals surface area contributed by atoms with Gasteiger partial charge in [0, 0.05) is 23.8 Å². The van der Waals surface area contributed by atoms with Crippen molar-refractivity contribution < 1.29 is 40.6 Å². The number of hydrogen-bond acceptors (Lipinski definition) is 8. The zero-order valence-corrected chi connectivity index (χ0v) is 19.5. The van der Waals surface area contributed by atoms with Gasteiger partial charge in [-0.05, 0) is 54.6 Å². The second kappa shape index (κ2) is 11.0. The molecule has 2 heterocycles. The molecule has 2 aromatic heterocycles. The van der Waals surface area contributed by atoms with Crippen LogP contribution in [0.2, 0.25) is 0 Å². The van der Waals surface area contributed by atoms with E-state index >= 15 is 0 Å². The molecule has 0 aliphatic carbocycles. The van der Waals surface area contributed by atoms with Crippen LogP contribution < -0.4 is 14.8 Å². The molecule has 4 rings (SSSR count). The van der Waals surface area contributed by atoms with Gasteiger partial charge in [0.25, 0.3) is 5.91 Å². The molecule has 0 fully saturated rings. The highest BCUT2D eigenvalue weighted by Crippen LogP contribution is 2.27. The summed E-state index contributed by atoms with van der Waals surface area (Å²) in [6.45, 7) is 0. The third kappa shape index (κ3) is 7.34. The second-order valence-electron chi connectivity index (χ2n) is 7.18. The maximum Gasteiger partial charge on any atom is 0.573 e. The summed E-state index contributed by atoms with van der Waals surface area (Å²) in [5, 5.41) is 10.8. The number of carbonyl (C=O) groups excluding carboxylic acids is 1. The normalized spacial score (nSPS) is 11.7. The van der Waals surface area contributed by atoms with E-state index in [-0.39, 0.29) is 28.5 Å². The molecule has 0 unspecified atom stereocenters. The number of nitrogens with one attached hydrogen (secondary N) is 1. The van der Waals surface area contributed by atoms with Crippen molar-refractivity contribution in [1.29, 1.82) is 0 Å². The van der Waals surface area contributed by atoms with E-state index in [1.54, 1.807) is 6.07 Å². The summed E-state index contributed by atoms with van der Waals surface area (Å²) >= 11 is 1.14. The Morgan fingerprint density at radius 1 is 0.868 bits per heavy atom.